The largest absolute Gasteiger partial charge is 0.508 e. The first-order valence-corrected chi connectivity index (χ1v) is 11.2. The molecule has 0 bridgehead atoms. The molecule has 1 fully saturated rings. The van der Waals surface area contributed by atoms with E-state index in [4.69, 9.17) is 21.2 Å². The first-order chi connectivity index (χ1) is 15.5. The molecule has 3 heterocycles. The van der Waals surface area contributed by atoms with Crippen molar-refractivity contribution in [2.75, 3.05) is 38.6 Å². The maximum atomic E-state index is 12.2. The predicted molar refractivity (Wildman–Crippen MR) is 127 cm³/mol. The molecule has 2 aromatic heterocycles. The van der Waals surface area contributed by atoms with Crippen LogP contribution in [0.3, 0.4) is 0 Å². The van der Waals surface area contributed by atoms with Gasteiger partial charge in [0, 0.05) is 24.8 Å². The van der Waals surface area contributed by atoms with Crippen molar-refractivity contribution in [3.63, 3.8) is 0 Å². The SMILES string of the molecule is CC.Cc1ccc(O)cc1-n1c(N)c(C(N)=O)c2nc(CCCN3CCOCC3)ccc21. The number of morpholine rings is 1. The van der Waals surface area contributed by atoms with Crippen LogP contribution < -0.4 is 11.5 Å². The molecule has 5 N–H and O–H groups in total. The Morgan fingerprint density at radius 3 is 2.59 bits per heavy atom. The molecule has 0 spiro atoms. The number of pyridine rings is 1. The number of hydrogen-bond acceptors (Lipinski definition) is 6. The highest BCUT2D eigenvalue weighted by Crippen LogP contribution is 2.33. The Kier molecular flexibility index (Phi) is 7.71. The van der Waals surface area contributed by atoms with Crippen LogP contribution in [-0.4, -0.2) is 58.3 Å². The zero-order valence-corrected chi connectivity index (χ0v) is 19.1. The summed E-state index contributed by atoms with van der Waals surface area (Å²) in [4.78, 5) is 19.3. The number of anilines is 1. The van der Waals surface area contributed by atoms with E-state index in [0.29, 0.717) is 16.7 Å². The van der Waals surface area contributed by atoms with E-state index in [1.54, 1.807) is 22.8 Å². The molecule has 1 amide bonds. The number of phenolic OH excluding ortho intramolecular Hbond substituents is 1. The van der Waals surface area contributed by atoms with Crippen LogP contribution >= 0.6 is 0 Å². The summed E-state index contributed by atoms with van der Waals surface area (Å²) in [6, 6.07) is 8.90. The summed E-state index contributed by atoms with van der Waals surface area (Å²) in [5, 5.41) is 9.95. The molecular weight excluding hydrogens is 406 g/mol. The van der Waals surface area contributed by atoms with Gasteiger partial charge in [-0.25, -0.2) is 0 Å². The second-order valence-corrected chi connectivity index (χ2v) is 7.66. The second-order valence-electron chi connectivity index (χ2n) is 7.66. The zero-order valence-electron chi connectivity index (χ0n) is 19.1. The summed E-state index contributed by atoms with van der Waals surface area (Å²) in [6.45, 7) is 10.4. The average molecular weight is 440 g/mol. The van der Waals surface area contributed by atoms with Crippen LogP contribution in [0.1, 0.15) is 41.9 Å². The van der Waals surface area contributed by atoms with Crippen molar-refractivity contribution in [3.8, 4) is 11.4 Å². The Labute approximate surface area is 188 Å². The van der Waals surface area contributed by atoms with Crippen LogP contribution in [0.4, 0.5) is 5.82 Å². The van der Waals surface area contributed by atoms with E-state index < -0.39 is 5.91 Å². The molecule has 0 saturated carbocycles. The van der Waals surface area contributed by atoms with Crippen LogP contribution in [0, 0.1) is 6.92 Å². The van der Waals surface area contributed by atoms with E-state index in [-0.39, 0.29) is 17.1 Å². The lowest BCUT2D eigenvalue weighted by molar-refractivity contribution is 0.0374. The summed E-state index contributed by atoms with van der Waals surface area (Å²) in [5.74, 6) is -0.277. The molecule has 8 nitrogen and oxygen atoms in total. The smallest absolute Gasteiger partial charge is 0.254 e. The third-order valence-corrected chi connectivity index (χ3v) is 5.60. The first kappa shape index (κ1) is 23.6. The number of nitrogen functional groups attached to an aromatic ring is 1. The van der Waals surface area contributed by atoms with Crippen LogP contribution in [0.2, 0.25) is 0 Å². The molecular formula is C24H33N5O3. The van der Waals surface area contributed by atoms with Crippen molar-refractivity contribution in [3.05, 3.63) is 47.2 Å². The van der Waals surface area contributed by atoms with Crippen molar-refractivity contribution in [1.29, 1.82) is 0 Å². The Hall–Kier alpha value is -3.10. The molecule has 0 unspecified atom stereocenters. The van der Waals surface area contributed by atoms with Gasteiger partial charge in [-0.1, -0.05) is 19.9 Å². The van der Waals surface area contributed by atoms with Gasteiger partial charge >= 0.3 is 0 Å². The van der Waals surface area contributed by atoms with Gasteiger partial charge in [-0.3, -0.25) is 19.2 Å². The molecule has 1 aliphatic rings. The molecule has 1 saturated heterocycles. The van der Waals surface area contributed by atoms with Gasteiger partial charge in [0.15, 0.2) is 0 Å². The molecule has 0 aliphatic carbocycles. The highest BCUT2D eigenvalue weighted by atomic mass is 16.5. The monoisotopic (exact) mass is 439 g/mol. The number of primary amides is 1. The van der Waals surface area contributed by atoms with Gasteiger partial charge in [0.25, 0.3) is 5.91 Å². The van der Waals surface area contributed by atoms with E-state index in [1.165, 1.54) is 0 Å². The van der Waals surface area contributed by atoms with Crippen LogP contribution in [0.25, 0.3) is 16.7 Å². The van der Waals surface area contributed by atoms with Gasteiger partial charge in [-0.05, 0) is 50.1 Å². The van der Waals surface area contributed by atoms with Gasteiger partial charge in [0.1, 0.15) is 22.6 Å². The highest BCUT2D eigenvalue weighted by molar-refractivity contribution is 6.10. The van der Waals surface area contributed by atoms with Gasteiger partial charge in [0.2, 0.25) is 0 Å². The molecule has 4 rings (SSSR count). The maximum Gasteiger partial charge on any atom is 0.254 e. The minimum absolute atomic E-state index is 0.116. The van der Waals surface area contributed by atoms with Crippen molar-refractivity contribution in [1.82, 2.24) is 14.5 Å². The van der Waals surface area contributed by atoms with Crippen molar-refractivity contribution in [2.24, 2.45) is 5.73 Å². The molecule has 1 aliphatic heterocycles. The number of fused-ring (bicyclic) bond motifs is 1. The minimum atomic E-state index is -0.618. The van der Waals surface area contributed by atoms with Crippen LogP contribution in [-0.2, 0) is 11.2 Å². The quantitative estimate of drug-likeness (QED) is 0.543. The fourth-order valence-corrected chi connectivity index (χ4v) is 4.01. The lowest BCUT2D eigenvalue weighted by atomic mass is 10.1. The Morgan fingerprint density at radius 1 is 1.19 bits per heavy atom. The maximum absolute atomic E-state index is 12.2. The summed E-state index contributed by atoms with van der Waals surface area (Å²) in [6.07, 6.45) is 1.76. The number of aromatic hydroxyl groups is 1. The van der Waals surface area contributed by atoms with Crippen molar-refractivity contribution < 1.29 is 14.6 Å². The molecule has 0 radical (unpaired) electrons. The molecule has 172 valence electrons. The number of carbonyl (C=O) groups is 1. The first-order valence-electron chi connectivity index (χ1n) is 11.2. The zero-order chi connectivity index (χ0) is 23.3. The molecule has 32 heavy (non-hydrogen) atoms. The van der Waals surface area contributed by atoms with E-state index in [9.17, 15) is 9.90 Å². The number of aryl methyl sites for hydroxylation is 2. The number of hydrogen-bond donors (Lipinski definition) is 3. The topological polar surface area (TPSA) is 120 Å². The second kappa shape index (κ2) is 10.5. The number of carbonyl (C=O) groups excluding carboxylic acids is 1. The third-order valence-electron chi connectivity index (χ3n) is 5.60. The number of rotatable bonds is 6. The fourth-order valence-electron chi connectivity index (χ4n) is 4.01. The summed E-state index contributed by atoms with van der Waals surface area (Å²) in [7, 11) is 0. The van der Waals surface area contributed by atoms with Gasteiger partial charge in [-0.15, -0.1) is 0 Å². The number of ether oxygens (including phenoxy) is 1. The Morgan fingerprint density at radius 2 is 1.91 bits per heavy atom. The number of nitrogens with zero attached hydrogens (tertiary/aromatic N) is 3. The fraction of sp³-hybridized carbons (Fsp3) is 0.417. The van der Waals surface area contributed by atoms with E-state index in [0.717, 1.165) is 56.9 Å². The average Bonchev–Trinajstić information content (AvgIpc) is 3.08. The Balaban J connectivity index is 0.00000141. The number of benzene rings is 1. The molecule has 0 atom stereocenters. The highest BCUT2D eigenvalue weighted by Gasteiger charge is 2.22. The minimum Gasteiger partial charge on any atom is -0.508 e. The molecule has 8 heteroatoms. The van der Waals surface area contributed by atoms with Crippen molar-refractivity contribution >= 4 is 22.8 Å². The summed E-state index contributed by atoms with van der Waals surface area (Å²) < 4.78 is 7.12. The number of nitrogens with two attached hydrogens (primary N) is 2. The van der Waals surface area contributed by atoms with Crippen molar-refractivity contribution in [2.45, 2.75) is 33.6 Å². The van der Waals surface area contributed by atoms with Gasteiger partial charge in [-0.2, -0.15) is 0 Å². The molecule has 1 aromatic carbocycles. The standard InChI is InChI=1S/C22H27N5O3.C2H6/c1-14-4-6-16(28)13-18(14)27-17-7-5-15(3-2-8-26-9-11-30-12-10-26)25-20(17)19(21(27)23)22(24)29;1-2/h4-7,13,28H,2-3,8-12,23H2,1H3,(H2,24,29);1-2H3. The van der Waals surface area contributed by atoms with E-state index in [1.807, 2.05) is 32.9 Å². The molecule has 3 aromatic rings. The van der Waals surface area contributed by atoms with Crippen LogP contribution in [0.15, 0.2) is 30.3 Å². The third kappa shape index (κ3) is 4.87. The number of phenols is 1. The number of aromatic nitrogens is 2. The number of amides is 1. The lowest BCUT2D eigenvalue weighted by Gasteiger charge is -2.26. The van der Waals surface area contributed by atoms with Gasteiger partial charge in [0.05, 0.1) is 24.4 Å². The summed E-state index contributed by atoms with van der Waals surface area (Å²) >= 11 is 0. The van der Waals surface area contributed by atoms with Crippen LogP contribution in [0.5, 0.6) is 5.75 Å². The van der Waals surface area contributed by atoms with E-state index in [2.05, 4.69) is 4.90 Å². The van der Waals surface area contributed by atoms with E-state index >= 15 is 0 Å². The predicted octanol–water partition coefficient (Wildman–Crippen LogP) is 3.01. The lowest BCUT2D eigenvalue weighted by Crippen LogP contribution is -2.36. The normalized spacial score (nSPS) is 14.2. The van der Waals surface area contributed by atoms with Gasteiger partial charge < -0.3 is 21.3 Å². The Bertz CT molecular complexity index is 1090. The summed E-state index contributed by atoms with van der Waals surface area (Å²) in [5.41, 5.74) is 15.9.